The van der Waals surface area contributed by atoms with Crippen molar-refractivity contribution in [3.63, 3.8) is 0 Å². The third kappa shape index (κ3) is 2.02. The first-order valence-electron chi connectivity index (χ1n) is 3.33. The summed E-state index contributed by atoms with van der Waals surface area (Å²) < 4.78 is 1.79. The number of aromatic nitrogens is 3. The maximum absolute atomic E-state index is 4.33. The molecule has 1 rings (SSSR count). The second kappa shape index (κ2) is 3.61. The second-order valence-corrected chi connectivity index (χ2v) is 2.91. The van der Waals surface area contributed by atoms with Crippen molar-refractivity contribution in [2.24, 2.45) is 0 Å². The quantitative estimate of drug-likeness (QED) is 0.663. The van der Waals surface area contributed by atoms with Gasteiger partial charge in [0, 0.05) is 5.25 Å². The molecule has 3 nitrogen and oxygen atoms in total. The van der Waals surface area contributed by atoms with E-state index in [1.165, 1.54) is 6.33 Å². The molecule has 1 unspecified atom stereocenters. The van der Waals surface area contributed by atoms with Crippen LogP contribution in [0.1, 0.15) is 13.3 Å². The van der Waals surface area contributed by atoms with E-state index in [4.69, 9.17) is 0 Å². The highest BCUT2D eigenvalue weighted by Gasteiger charge is 1.99. The van der Waals surface area contributed by atoms with Crippen molar-refractivity contribution in [1.82, 2.24) is 14.8 Å². The molecule has 0 saturated carbocycles. The molecular formula is C6H11N3S. The molecule has 0 aliphatic carbocycles. The van der Waals surface area contributed by atoms with Crippen LogP contribution in [0.5, 0.6) is 0 Å². The summed E-state index contributed by atoms with van der Waals surface area (Å²) in [6, 6.07) is 0. The lowest BCUT2D eigenvalue weighted by atomic mass is 10.3. The number of hydrogen-bond acceptors (Lipinski definition) is 3. The van der Waals surface area contributed by atoms with Crippen LogP contribution >= 0.6 is 12.6 Å². The zero-order chi connectivity index (χ0) is 7.40. The molecule has 0 aromatic carbocycles. The van der Waals surface area contributed by atoms with Crippen LogP contribution in [0, 0.1) is 0 Å². The first kappa shape index (κ1) is 7.60. The monoisotopic (exact) mass is 157 g/mol. The molecule has 0 spiro atoms. The first-order chi connectivity index (χ1) is 4.83. The highest BCUT2D eigenvalue weighted by atomic mass is 32.1. The normalized spacial score (nSPS) is 13.4. The topological polar surface area (TPSA) is 30.7 Å². The van der Waals surface area contributed by atoms with E-state index in [-0.39, 0.29) is 0 Å². The van der Waals surface area contributed by atoms with Gasteiger partial charge in [0.25, 0.3) is 0 Å². The number of thiol groups is 1. The minimum absolute atomic E-state index is 0.390. The lowest BCUT2D eigenvalue weighted by molar-refractivity contribution is 0.584. The van der Waals surface area contributed by atoms with Gasteiger partial charge in [-0.05, 0) is 6.42 Å². The van der Waals surface area contributed by atoms with E-state index in [9.17, 15) is 0 Å². The van der Waals surface area contributed by atoms with E-state index in [1.54, 1.807) is 11.0 Å². The Kier molecular flexibility index (Phi) is 2.74. The summed E-state index contributed by atoms with van der Waals surface area (Å²) in [5, 5.41) is 4.35. The summed E-state index contributed by atoms with van der Waals surface area (Å²) >= 11 is 4.33. The molecule has 0 N–H and O–H groups in total. The molecule has 0 aliphatic rings. The standard InChI is InChI=1S/C6H11N3S/c1-2-6(10)3-9-5-7-4-8-9/h4-6,10H,2-3H2,1H3. The Morgan fingerprint density at radius 2 is 2.50 bits per heavy atom. The average Bonchev–Trinajstić information content (AvgIpc) is 2.40. The van der Waals surface area contributed by atoms with Crippen molar-refractivity contribution < 1.29 is 0 Å². The third-order valence-electron chi connectivity index (χ3n) is 1.34. The molecule has 0 aliphatic heterocycles. The Hall–Kier alpha value is -0.510. The number of hydrogen-bond donors (Lipinski definition) is 1. The highest BCUT2D eigenvalue weighted by Crippen LogP contribution is 2.01. The smallest absolute Gasteiger partial charge is 0.137 e. The van der Waals surface area contributed by atoms with Crippen molar-refractivity contribution in [3.8, 4) is 0 Å². The third-order valence-corrected chi connectivity index (χ3v) is 1.86. The van der Waals surface area contributed by atoms with Gasteiger partial charge in [-0.1, -0.05) is 6.92 Å². The van der Waals surface area contributed by atoms with Gasteiger partial charge in [0.05, 0.1) is 6.54 Å². The summed E-state index contributed by atoms with van der Waals surface area (Å²) in [5.41, 5.74) is 0. The fourth-order valence-corrected chi connectivity index (χ4v) is 0.839. The van der Waals surface area contributed by atoms with Crippen LogP contribution in [0.4, 0.5) is 0 Å². The summed E-state index contributed by atoms with van der Waals surface area (Å²) in [7, 11) is 0. The predicted octanol–water partition coefficient (Wildman–Crippen LogP) is 0.986. The van der Waals surface area contributed by atoms with Gasteiger partial charge in [0.1, 0.15) is 12.7 Å². The van der Waals surface area contributed by atoms with E-state index in [0.29, 0.717) is 5.25 Å². The summed E-state index contributed by atoms with van der Waals surface area (Å²) in [6.45, 7) is 2.95. The Morgan fingerprint density at radius 3 is 3.00 bits per heavy atom. The molecule has 0 fully saturated rings. The van der Waals surface area contributed by atoms with E-state index >= 15 is 0 Å². The van der Waals surface area contributed by atoms with E-state index < -0.39 is 0 Å². The van der Waals surface area contributed by atoms with Crippen molar-refractivity contribution in [3.05, 3.63) is 12.7 Å². The number of nitrogens with zero attached hydrogens (tertiary/aromatic N) is 3. The van der Waals surface area contributed by atoms with Crippen LogP contribution < -0.4 is 0 Å². The van der Waals surface area contributed by atoms with Gasteiger partial charge >= 0.3 is 0 Å². The van der Waals surface area contributed by atoms with Gasteiger partial charge in [-0.15, -0.1) is 0 Å². The molecule has 1 aromatic rings. The molecule has 0 saturated heterocycles. The fraction of sp³-hybridized carbons (Fsp3) is 0.667. The molecule has 10 heavy (non-hydrogen) atoms. The van der Waals surface area contributed by atoms with Crippen LogP contribution in [0.2, 0.25) is 0 Å². The highest BCUT2D eigenvalue weighted by molar-refractivity contribution is 7.80. The SMILES string of the molecule is CCC(S)Cn1cncn1. The Morgan fingerprint density at radius 1 is 1.70 bits per heavy atom. The lowest BCUT2D eigenvalue weighted by Gasteiger charge is -2.05. The molecule has 1 heterocycles. The summed E-state index contributed by atoms with van der Waals surface area (Å²) in [4.78, 5) is 3.83. The summed E-state index contributed by atoms with van der Waals surface area (Å²) in [5.74, 6) is 0. The van der Waals surface area contributed by atoms with Crippen molar-refractivity contribution in [2.45, 2.75) is 25.1 Å². The van der Waals surface area contributed by atoms with Gasteiger partial charge in [-0.2, -0.15) is 17.7 Å². The zero-order valence-corrected chi connectivity index (χ0v) is 6.83. The average molecular weight is 157 g/mol. The summed E-state index contributed by atoms with van der Waals surface area (Å²) in [6.07, 6.45) is 4.30. The molecular weight excluding hydrogens is 146 g/mol. The van der Waals surface area contributed by atoms with E-state index in [0.717, 1.165) is 13.0 Å². The largest absolute Gasteiger partial charge is 0.252 e. The minimum atomic E-state index is 0.390. The van der Waals surface area contributed by atoms with Crippen LogP contribution in [-0.2, 0) is 6.54 Å². The molecule has 1 atom stereocenters. The van der Waals surface area contributed by atoms with Crippen LogP contribution in [0.15, 0.2) is 12.7 Å². The zero-order valence-electron chi connectivity index (χ0n) is 5.94. The maximum Gasteiger partial charge on any atom is 0.137 e. The van der Waals surface area contributed by atoms with Crippen LogP contribution in [0.3, 0.4) is 0 Å². The van der Waals surface area contributed by atoms with E-state index in [2.05, 4.69) is 29.6 Å². The molecule has 56 valence electrons. The molecule has 1 aromatic heterocycles. The van der Waals surface area contributed by atoms with Gasteiger partial charge in [-0.3, -0.25) is 4.68 Å². The predicted molar refractivity (Wildman–Crippen MR) is 43.1 cm³/mol. The maximum atomic E-state index is 4.33. The second-order valence-electron chi connectivity index (χ2n) is 2.18. The fourth-order valence-electron chi connectivity index (χ4n) is 0.672. The van der Waals surface area contributed by atoms with Gasteiger partial charge in [-0.25, -0.2) is 4.98 Å². The molecule has 4 heteroatoms. The van der Waals surface area contributed by atoms with Crippen molar-refractivity contribution >= 4 is 12.6 Å². The van der Waals surface area contributed by atoms with Crippen molar-refractivity contribution in [2.75, 3.05) is 0 Å². The molecule has 0 amide bonds. The Balaban J connectivity index is 2.40. The first-order valence-corrected chi connectivity index (χ1v) is 3.85. The minimum Gasteiger partial charge on any atom is -0.252 e. The lowest BCUT2D eigenvalue weighted by Crippen LogP contribution is -2.09. The van der Waals surface area contributed by atoms with Crippen LogP contribution in [0.25, 0.3) is 0 Å². The number of rotatable bonds is 3. The Bertz CT molecular complexity index is 173. The molecule has 0 bridgehead atoms. The Labute approximate surface area is 65.9 Å². The molecule has 0 radical (unpaired) electrons. The van der Waals surface area contributed by atoms with Crippen molar-refractivity contribution in [1.29, 1.82) is 0 Å². The van der Waals surface area contributed by atoms with Crippen LogP contribution in [-0.4, -0.2) is 20.0 Å². The van der Waals surface area contributed by atoms with E-state index in [1.807, 2.05) is 0 Å². The van der Waals surface area contributed by atoms with Gasteiger partial charge in [0.2, 0.25) is 0 Å². The van der Waals surface area contributed by atoms with Gasteiger partial charge < -0.3 is 0 Å². The van der Waals surface area contributed by atoms with Gasteiger partial charge in [0.15, 0.2) is 0 Å².